The maximum absolute atomic E-state index is 13.0. The van der Waals surface area contributed by atoms with E-state index in [1.807, 2.05) is 23.1 Å². The number of hydrogen-bond acceptors (Lipinski definition) is 3. The van der Waals surface area contributed by atoms with Gasteiger partial charge in [0.15, 0.2) is 5.11 Å². The number of nitrogens with one attached hydrogen (secondary N) is 1. The van der Waals surface area contributed by atoms with Gasteiger partial charge in [0.25, 0.3) is 5.91 Å². The van der Waals surface area contributed by atoms with Gasteiger partial charge in [0.1, 0.15) is 4.88 Å². The first-order valence-electron chi connectivity index (χ1n) is 9.02. The van der Waals surface area contributed by atoms with E-state index in [-0.39, 0.29) is 5.91 Å². The van der Waals surface area contributed by atoms with E-state index in [9.17, 15) is 4.79 Å². The molecule has 1 amide bonds. The minimum Gasteiger partial charge on any atom is -0.345 e. The van der Waals surface area contributed by atoms with Crippen LogP contribution in [0.3, 0.4) is 0 Å². The van der Waals surface area contributed by atoms with Crippen LogP contribution in [0, 0.1) is 0 Å². The van der Waals surface area contributed by atoms with Crippen molar-refractivity contribution in [3.63, 3.8) is 0 Å². The highest BCUT2D eigenvalue weighted by molar-refractivity contribution is 7.80. The van der Waals surface area contributed by atoms with Crippen LogP contribution < -0.4 is 5.32 Å². The van der Waals surface area contributed by atoms with Crippen molar-refractivity contribution in [3.8, 4) is 0 Å². The van der Waals surface area contributed by atoms with Gasteiger partial charge in [0.05, 0.1) is 20.8 Å². The van der Waals surface area contributed by atoms with Gasteiger partial charge in [-0.2, -0.15) is 0 Å². The lowest BCUT2D eigenvalue weighted by Gasteiger charge is -2.36. The summed E-state index contributed by atoms with van der Waals surface area (Å²) >= 11 is 31.7. The van der Waals surface area contributed by atoms with Crippen LogP contribution in [0.4, 0.5) is 5.69 Å². The minimum atomic E-state index is -0.0752. The molecular weight excluding hydrogens is 504 g/mol. The van der Waals surface area contributed by atoms with Crippen molar-refractivity contribution in [1.82, 2.24) is 9.80 Å². The molecule has 0 aliphatic carbocycles. The fourth-order valence-corrected chi connectivity index (χ4v) is 5.62. The highest BCUT2D eigenvalue weighted by Gasteiger charge is 2.27. The van der Waals surface area contributed by atoms with E-state index in [1.54, 1.807) is 23.1 Å². The van der Waals surface area contributed by atoms with Gasteiger partial charge in [0.2, 0.25) is 0 Å². The number of anilines is 1. The third-order valence-corrected chi connectivity index (χ3v) is 7.89. The Labute approximate surface area is 203 Å². The smallest absolute Gasteiger partial charge is 0.265 e. The molecule has 1 aliphatic heterocycles. The summed E-state index contributed by atoms with van der Waals surface area (Å²) in [5.41, 5.74) is 0.656. The molecule has 10 heteroatoms. The molecular formula is C20H15Cl4N3OS2. The first kappa shape index (κ1) is 21.9. The molecule has 0 bridgehead atoms. The second-order valence-corrected chi connectivity index (χ2v) is 9.73. The predicted octanol–water partition coefficient (Wildman–Crippen LogP) is 6.67. The monoisotopic (exact) mass is 517 g/mol. The van der Waals surface area contributed by atoms with Crippen LogP contribution in [-0.2, 0) is 0 Å². The number of carbonyl (C=O) groups excluding carboxylic acids is 1. The van der Waals surface area contributed by atoms with E-state index in [0.29, 0.717) is 61.9 Å². The number of carbonyl (C=O) groups is 1. The Balaban J connectivity index is 1.42. The Hall–Kier alpha value is -1.28. The SMILES string of the molecule is O=C(c1sc2cc(Cl)ccc2c1Cl)N1CCN(C(=S)Nc2cccc(Cl)c2Cl)CC1. The summed E-state index contributed by atoms with van der Waals surface area (Å²) in [5, 5.41) is 6.50. The Morgan fingerprint density at radius 3 is 2.40 bits per heavy atom. The summed E-state index contributed by atoms with van der Waals surface area (Å²) < 4.78 is 0.901. The average molecular weight is 519 g/mol. The lowest BCUT2D eigenvalue weighted by atomic mass is 10.2. The quantitative estimate of drug-likeness (QED) is 0.384. The van der Waals surface area contributed by atoms with Gasteiger partial charge in [-0.1, -0.05) is 58.5 Å². The van der Waals surface area contributed by atoms with E-state index in [2.05, 4.69) is 5.32 Å². The second-order valence-electron chi connectivity index (χ2n) is 6.70. The summed E-state index contributed by atoms with van der Waals surface area (Å²) in [4.78, 5) is 17.4. The number of hydrogen-bond donors (Lipinski definition) is 1. The van der Waals surface area contributed by atoms with Crippen molar-refractivity contribution in [2.45, 2.75) is 0 Å². The minimum absolute atomic E-state index is 0.0752. The normalized spacial score (nSPS) is 14.3. The van der Waals surface area contributed by atoms with Gasteiger partial charge < -0.3 is 15.1 Å². The number of benzene rings is 2. The van der Waals surface area contributed by atoms with Gasteiger partial charge in [-0.15, -0.1) is 11.3 Å². The zero-order valence-corrected chi connectivity index (χ0v) is 20.1. The third kappa shape index (κ3) is 4.35. The molecule has 1 N–H and O–H groups in total. The predicted molar refractivity (Wildman–Crippen MR) is 132 cm³/mol. The van der Waals surface area contributed by atoms with Crippen LogP contribution in [0.15, 0.2) is 36.4 Å². The summed E-state index contributed by atoms with van der Waals surface area (Å²) in [6.07, 6.45) is 0. The molecule has 4 nitrogen and oxygen atoms in total. The molecule has 4 rings (SSSR count). The number of fused-ring (bicyclic) bond motifs is 1. The number of piperazine rings is 1. The first-order chi connectivity index (χ1) is 14.3. The van der Waals surface area contributed by atoms with E-state index >= 15 is 0 Å². The van der Waals surface area contributed by atoms with E-state index in [1.165, 1.54) is 11.3 Å². The Morgan fingerprint density at radius 1 is 0.967 bits per heavy atom. The van der Waals surface area contributed by atoms with Crippen molar-refractivity contribution < 1.29 is 4.79 Å². The number of nitrogens with zero attached hydrogens (tertiary/aromatic N) is 2. The topological polar surface area (TPSA) is 35.6 Å². The molecule has 156 valence electrons. The zero-order valence-electron chi connectivity index (χ0n) is 15.4. The first-order valence-corrected chi connectivity index (χ1v) is 11.8. The third-order valence-electron chi connectivity index (χ3n) is 4.83. The van der Waals surface area contributed by atoms with Gasteiger partial charge >= 0.3 is 0 Å². The maximum atomic E-state index is 13.0. The molecule has 0 unspecified atom stereocenters. The summed E-state index contributed by atoms with van der Waals surface area (Å²) in [5.74, 6) is -0.0752. The summed E-state index contributed by atoms with van der Waals surface area (Å²) in [6.45, 7) is 2.28. The molecule has 0 radical (unpaired) electrons. The maximum Gasteiger partial charge on any atom is 0.265 e. The molecule has 3 aromatic rings. The fourth-order valence-electron chi connectivity index (χ4n) is 3.23. The van der Waals surface area contributed by atoms with Crippen LogP contribution in [0.25, 0.3) is 10.1 Å². The molecule has 0 atom stereocenters. The number of amides is 1. The largest absolute Gasteiger partial charge is 0.345 e. The molecule has 1 fully saturated rings. The van der Waals surface area contributed by atoms with Crippen LogP contribution in [0.2, 0.25) is 20.1 Å². The van der Waals surface area contributed by atoms with E-state index < -0.39 is 0 Å². The standard InChI is InChI=1S/C20H15Cl4N3OS2/c21-11-4-5-12-15(10-11)30-18(16(12)23)19(28)26-6-8-27(9-7-26)20(29)25-14-3-1-2-13(22)17(14)24/h1-5,10H,6-9H2,(H,25,29). The van der Waals surface area contributed by atoms with Crippen molar-refractivity contribution in [2.75, 3.05) is 31.5 Å². The lowest BCUT2D eigenvalue weighted by Crippen LogP contribution is -2.51. The summed E-state index contributed by atoms with van der Waals surface area (Å²) in [7, 11) is 0. The fraction of sp³-hybridized carbons (Fsp3) is 0.200. The zero-order chi connectivity index (χ0) is 21.4. The average Bonchev–Trinajstić information content (AvgIpc) is 3.06. The Morgan fingerprint density at radius 2 is 1.67 bits per heavy atom. The number of rotatable bonds is 2. The number of halogens is 4. The van der Waals surface area contributed by atoms with Crippen LogP contribution in [-0.4, -0.2) is 47.0 Å². The van der Waals surface area contributed by atoms with E-state index in [4.69, 9.17) is 58.6 Å². The molecule has 30 heavy (non-hydrogen) atoms. The van der Waals surface area contributed by atoms with Crippen LogP contribution >= 0.6 is 70.0 Å². The Kier molecular flexibility index (Phi) is 6.63. The van der Waals surface area contributed by atoms with Crippen LogP contribution in [0.5, 0.6) is 0 Å². The van der Waals surface area contributed by atoms with Gasteiger partial charge in [-0.25, -0.2) is 0 Å². The van der Waals surface area contributed by atoms with Crippen LogP contribution in [0.1, 0.15) is 9.67 Å². The van der Waals surface area contributed by atoms with Gasteiger partial charge in [-0.3, -0.25) is 4.79 Å². The number of thiocarbonyl (C=S) groups is 1. The molecule has 0 saturated carbocycles. The molecule has 0 spiro atoms. The molecule has 2 heterocycles. The highest BCUT2D eigenvalue weighted by atomic mass is 35.5. The van der Waals surface area contributed by atoms with Crippen molar-refractivity contribution in [3.05, 3.63) is 61.4 Å². The molecule has 1 aliphatic rings. The van der Waals surface area contributed by atoms with E-state index in [0.717, 1.165) is 10.1 Å². The molecule has 1 saturated heterocycles. The van der Waals surface area contributed by atoms with Gasteiger partial charge in [-0.05, 0) is 36.5 Å². The van der Waals surface area contributed by atoms with Crippen molar-refractivity contribution in [1.29, 1.82) is 0 Å². The van der Waals surface area contributed by atoms with Crippen molar-refractivity contribution in [2.24, 2.45) is 0 Å². The Bertz CT molecular complexity index is 1140. The molecule has 1 aromatic heterocycles. The second kappa shape index (κ2) is 9.07. The lowest BCUT2D eigenvalue weighted by molar-refractivity contribution is 0.0698. The highest BCUT2D eigenvalue weighted by Crippen LogP contribution is 2.37. The molecule has 2 aromatic carbocycles. The van der Waals surface area contributed by atoms with Gasteiger partial charge in [0, 0.05) is 41.3 Å². The van der Waals surface area contributed by atoms with Crippen molar-refractivity contribution >= 4 is 96.8 Å². The number of thiophene rings is 1. The summed E-state index contributed by atoms with van der Waals surface area (Å²) in [6, 6.07) is 10.8.